The van der Waals surface area contributed by atoms with Crippen LogP contribution in [0.5, 0.6) is 0 Å². The molecule has 0 bridgehead atoms. The molecule has 0 aliphatic rings. The van der Waals surface area contributed by atoms with Gasteiger partial charge in [0.1, 0.15) is 0 Å². The molecule has 0 aliphatic carbocycles. The molecule has 2 rings (SSSR count). The number of rotatable bonds is 1. The van der Waals surface area contributed by atoms with Crippen LogP contribution in [0, 0.1) is 13.8 Å². The van der Waals surface area contributed by atoms with Gasteiger partial charge >= 0.3 is 0 Å². The average molecular weight is 233 g/mol. The normalized spacial score (nSPS) is 8.59. The molecule has 94 valence electrons. The van der Waals surface area contributed by atoms with Crippen molar-refractivity contribution in [1.29, 1.82) is 0 Å². The Hall–Kier alpha value is -1.64. The third-order valence-electron chi connectivity index (χ3n) is 2.09. The second-order valence-electron chi connectivity index (χ2n) is 3.01. The highest BCUT2D eigenvalue weighted by Gasteiger charge is 2.06. The minimum absolute atomic E-state index is 0.991. The monoisotopic (exact) mass is 233 g/mol. The Morgan fingerprint density at radius 2 is 1.65 bits per heavy atom. The van der Waals surface area contributed by atoms with E-state index in [0.29, 0.717) is 0 Å². The highest BCUT2D eigenvalue weighted by molar-refractivity contribution is 5.63. The molecule has 0 saturated carbocycles. The van der Waals surface area contributed by atoms with E-state index < -0.39 is 0 Å². The number of aromatic nitrogens is 3. The number of pyridine rings is 1. The van der Waals surface area contributed by atoms with Crippen LogP contribution in [0.15, 0.2) is 24.7 Å². The number of hydrogen-bond acceptors (Lipinski definition) is 2. The van der Waals surface area contributed by atoms with E-state index in [1.54, 1.807) is 12.5 Å². The zero-order valence-corrected chi connectivity index (χ0v) is 11.7. The lowest BCUT2D eigenvalue weighted by molar-refractivity contribution is 1.19. The quantitative estimate of drug-likeness (QED) is 0.804. The second-order valence-corrected chi connectivity index (χ2v) is 3.01. The molecule has 2 heterocycles. The predicted molar refractivity (Wildman–Crippen MR) is 74.0 cm³/mol. The molecule has 3 nitrogen and oxygen atoms in total. The maximum atomic E-state index is 4.25. The zero-order valence-electron chi connectivity index (χ0n) is 11.7. The largest absolute Gasteiger partial charge is 0.348 e. The van der Waals surface area contributed by atoms with Crippen LogP contribution in [0.1, 0.15) is 39.1 Å². The smallest absolute Gasteiger partial charge is 0.0929 e. The van der Waals surface area contributed by atoms with Crippen LogP contribution in [0.3, 0.4) is 0 Å². The van der Waals surface area contributed by atoms with Crippen LogP contribution in [0.2, 0.25) is 0 Å². The highest BCUT2D eigenvalue weighted by atomic mass is 14.9. The summed E-state index contributed by atoms with van der Waals surface area (Å²) >= 11 is 0. The summed E-state index contributed by atoms with van der Waals surface area (Å²) in [6.07, 6.45) is 3.50. The maximum absolute atomic E-state index is 4.25. The Labute approximate surface area is 104 Å². The predicted octanol–water partition coefficient (Wildman–Crippen LogP) is 4.14. The summed E-state index contributed by atoms with van der Waals surface area (Å²) in [6.45, 7) is 12.0. The van der Waals surface area contributed by atoms with Gasteiger partial charge in [0.2, 0.25) is 0 Å². The molecule has 0 unspecified atom stereocenters. The van der Waals surface area contributed by atoms with Crippen molar-refractivity contribution < 1.29 is 0 Å². The zero-order chi connectivity index (χ0) is 13.3. The van der Waals surface area contributed by atoms with Gasteiger partial charge in [0.25, 0.3) is 0 Å². The molecular formula is C14H23N3. The van der Waals surface area contributed by atoms with Crippen molar-refractivity contribution in [1.82, 2.24) is 15.0 Å². The molecule has 0 radical (unpaired) electrons. The van der Waals surface area contributed by atoms with Gasteiger partial charge in [-0.15, -0.1) is 0 Å². The lowest BCUT2D eigenvalue weighted by Gasteiger charge is -2.01. The lowest BCUT2D eigenvalue weighted by atomic mass is 10.1. The summed E-state index contributed by atoms with van der Waals surface area (Å²) in [5.74, 6) is 0. The summed E-state index contributed by atoms with van der Waals surface area (Å²) in [6, 6.07) is 3.96. The second kappa shape index (κ2) is 8.50. The van der Waals surface area contributed by atoms with Crippen LogP contribution >= 0.6 is 0 Å². The first-order valence-electron chi connectivity index (χ1n) is 6.21. The van der Waals surface area contributed by atoms with Gasteiger partial charge in [0, 0.05) is 23.1 Å². The number of nitrogens with one attached hydrogen (secondary N) is 1. The van der Waals surface area contributed by atoms with Gasteiger partial charge in [-0.2, -0.15) is 0 Å². The molecule has 0 amide bonds. The summed E-state index contributed by atoms with van der Waals surface area (Å²) in [5.41, 5.74) is 4.18. The fraction of sp³-hybridized carbons (Fsp3) is 0.429. The van der Waals surface area contributed by atoms with E-state index in [0.717, 1.165) is 22.6 Å². The van der Waals surface area contributed by atoms with Gasteiger partial charge in [-0.05, 0) is 26.0 Å². The molecule has 2 aromatic rings. The molecule has 0 fully saturated rings. The van der Waals surface area contributed by atoms with Gasteiger partial charge in [-0.25, -0.2) is 4.98 Å². The number of H-pyrrole nitrogens is 1. The molecule has 17 heavy (non-hydrogen) atoms. The number of imidazole rings is 1. The molecule has 0 spiro atoms. The lowest BCUT2D eigenvalue weighted by Crippen LogP contribution is -1.88. The van der Waals surface area contributed by atoms with Gasteiger partial charge in [-0.3, -0.25) is 4.98 Å². The summed E-state index contributed by atoms with van der Waals surface area (Å²) in [5, 5.41) is 0. The SMILES string of the molecule is CC.CC.Cc1ncccc1-c1nc[nH]c1C. The van der Waals surface area contributed by atoms with Crippen LogP contribution < -0.4 is 0 Å². The van der Waals surface area contributed by atoms with Gasteiger partial charge in [-0.1, -0.05) is 27.7 Å². The fourth-order valence-corrected chi connectivity index (χ4v) is 1.36. The summed E-state index contributed by atoms with van der Waals surface area (Å²) < 4.78 is 0. The van der Waals surface area contributed by atoms with Gasteiger partial charge in [0.05, 0.1) is 12.0 Å². The number of nitrogens with zero attached hydrogens (tertiary/aromatic N) is 2. The first-order valence-corrected chi connectivity index (χ1v) is 6.21. The Morgan fingerprint density at radius 3 is 2.12 bits per heavy atom. The molecule has 0 aromatic carbocycles. The molecule has 0 aliphatic heterocycles. The Balaban J connectivity index is 0.000000581. The first-order chi connectivity index (χ1) is 8.29. The first kappa shape index (κ1) is 15.4. The van der Waals surface area contributed by atoms with E-state index in [2.05, 4.69) is 15.0 Å². The van der Waals surface area contributed by atoms with Crippen LogP contribution in [0.25, 0.3) is 11.3 Å². The van der Waals surface area contributed by atoms with Gasteiger partial charge in [0.15, 0.2) is 0 Å². The van der Waals surface area contributed by atoms with Crippen molar-refractivity contribution in [3.63, 3.8) is 0 Å². The van der Waals surface area contributed by atoms with Gasteiger partial charge < -0.3 is 4.98 Å². The molecule has 1 N–H and O–H groups in total. The Morgan fingerprint density at radius 1 is 1.00 bits per heavy atom. The third kappa shape index (κ3) is 4.02. The standard InChI is InChI=1S/C10H11N3.2C2H6/c1-7-9(4-3-5-11-7)10-8(2)12-6-13-10;2*1-2/h3-6H,1-2H3,(H,12,13);2*1-2H3. The van der Waals surface area contributed by atoms with Crippen LogP contribution in [0.4, 0.5) is 0 Å². The number of aromatic amines is 1. The van der Waals surface area contributed by atoms with Crippen molar-refractivity contribution in [2.24, 2.45) is 0 Å². The van der Waals surface area contributed by atoms with E-state index in [4.69, 9.17) is 0 Å². The van der Waals surface area contributed by atoms with Crippen LogP contribution in [-0.4, -0.2) is 15.0 Å². The molecular weight excluding hydrogens is 210 g/mol. The minimum Gasteiger partial charge on any atom is -0.348 e. The Kier molecular flexibility index (Phi) is 7.68. The van der Waals surface area contributed by atoms with E-state index in [9.17, 15) is 0 Å². The summed E-state index contributed by atoms with van der Waals surface area (Å²) in [7, 11) is 0. The van der Waals surface area contributed by atoms with E-state index >= 15 is 0 Å². The topological polar surface area (TPSA) is 41.6 Å². The van der Waals surface area contributed by atoms with E-state index in [1.807, 2.05) is 53.7 Å². The van der Waals surface area contributed by atoms with Crippen molar-refractivity contribution in [3.05, 3.63) is 36.0 Å². The summed E-state index contributed by atoms with van der Waals surface area (Å²) in [4.78, 5) is 11.5. The van der Waals surface area contributed by atoms with Crippen molar-refractivity contribution in [2.75, 3.05) is 0 Å². The Bertz CT molecular complexity index is 419. The van der Waals surface area contributed by atoms with Crippen molar-refractivity contribution >= 4 is 0 Å². The molecule has 3 heteroatoms. The van der Waals surface area contributed by atoms with Crippen molar-refractivity contribution in [3.8, 4) is 11.3 Å². The molecule has 0 saturated heterocycles. The minimum atomic E-state index is 0.991. The third-order valence-corrected chi connectivity index (χ3v) is 2.09. The maximum Gasteiger partial charge on any atom is 0.0929 e. The highest BCUT2D eigenvalue weighted by Crippen LogP contribution is 2.21. The van der Waals surface area contributed by atoms with E-state index in [-0.39, 0.29) is 0 Å². The molecule has 2 aromatic heterocycles. The molecule has 0 atom stereocenters. The van der Waals surface area contributed by atoms with E-state index in [1.165, 1.54) is 0 Å². The number of hydrogen-bond donors (Lipinski definition) is 1. The fourth-order valence-electron chi connectivity index (χ4n) is 1.36. The number of aryl methyl sites for hydroxylation is 2. The van der Waals surface area contributed by atoms with Crippen molar-refractivity contribution in [2.45, 2.75) is 41.5 Å². The van der Waals surface area contributed by atoms with Crippen LogP contribution in [-0.2, 0) is 0 Å². The average Bonchev–Trinajstić information content (AvgIpc) is 2.81.